The Hall–Kier alpha value is -1.94. The Morgan fingerprint density at radius 3 is 1.57 bits per heavy atom. The summed E-state index contributed by atoms with van der Waals surface area (Å²) >= 11 is 0. The van der Waals surface area contributed by atoms with Crippen LogP contribution in [-0.2, 0) is 0 Å². The van der Waals surface area contributed by atoms with E-state index >= 15 is 0 Å². The smallest absolute Gasteiger partial charge is 0.0930 e. The van der Waals surface area contributed by atoms with Crippen LogP contribution in [0.3, 0.4) is 0 Å². The van der Waals surface area contributed by atoms with Gasteiger partial charge in [0, 0.05) is 36.6 Å². The monoisotopic (exact) mass is 288 g/mol. The van der Waals surface area contributed by atoms with Gasteiger partial charge in [-0.1, -0.05) is 27.7 Å². The fourth-order valence-electron chi connectivity index (χ4n) is 1.87. The van der Waals surface area contributed by atoms with Crippen molar-refractivity contribution in [1.29, 1.82) is 10.5 Å². The summed E-state index contributed by atoms with van der Waals surface area (Å²) in [5.74, 6) is 0.763. The predicted octanol–water partition coefficient (Wildman–Crippen LogP) is 3.46. The molecule has 0 aliphatic rings. The van der Waals surface area contributed by atoms with Crippen LogP contribution in [0.1, 0.15) is 47.0 Å². The van der Waals surface area contributed by atoms with Crippen molar-refractivity contribution in [3.05, 3.63) is 23.5 Å². The highest BCUT2D eigenvalue weighted by Crippen LogP contribution is 2.12. The van der Waals surface area contributed by atoms with Crippen LogP contribution in [0.15, 0.2) is 23.5 Å². The van der Waals surface area contributed by atoms with Crippen LogP contribution in [0.25, 0.3) is 0 Å². The van der Waals surface area contributed by atoms with E-state index in [1.54, 1.807) is 12.2 Å². The minimum absolute atomic E-state index is 0.381. The molecule has 0 radical (unpaired) electrons. The molecule has 21 heavy (non-hydrogen) atoms. The van der Waals surface area contributed by atoms with Crippen LogP contribution in [0.4, 0.5) is 0 Å². The molecule has 0 unspecified atom stereocenters. The van der Waals surface area contributed by atoms with E-state index in [0.29, 0.717) is 11.8 Å². The number of rotatable bonds is 10. The molecular formula is C17H28N4. The number of nitriles is 2. The Labute approximate surface area is 129 Å². The van der Waals surface area contributed by atoms with Gasteiger partial charge in [0.15, 0.2) is 0 Å². The summed E-state index contributed by atoms with van der Waals surface area (Å²) in [5, 5.41) is 24.2. The molecule has 0 saturated carbocycles. The Bertz CT molecular complexity index is 383. The second-order valence-corrected chi connectivity index (χ2v) is 5.28. The summed E-state index contributed by atoms with van der Waals surface area (Å²) in [6.07, 6.45) is 6.17. The summed E-state index contributed by atoms with van der Waals surface area (Å²) in [4.78, 5) is 0. The Morgan fingerprint density at radius 1 is 0.905 bits per heavy atom. The molecule has 0 heterocycles. The zero-order valence-corrected chi connectivity index (χ0v) is 13.7. The van der Waals surface area contributed by atoms with E-state index in [4.69, 9.17) is 10.5 Å². The van der Waals surface area contributed by atoms with E-state index in [-0.39, 0.29) is 0 Å². The summed E-state index contributed by atoms with van der Waals surface area (Å²) in [7, 11) is 0. The SMILES string of the molecule is CC[C@@H](C)/C(=C/C#N)NCCCN/C(=C/C#N)[C@@H](C)CC. The van der Waals surface area contributed by atoms with Crippen LogP contribution in [0.5, 0.6) is 0 Å². The highest BCUT2D eigenvalue weighted by molar-refractivity contribution is 5.15. The van der Waals surface area contributed by atoms with Crippen molar-refractivity contribution in [2.45, 2.75) is 47.0 Å². The van der Waals surface area contributed by atoms with E-state index < -0.39 is 0 Å². The van der Waals surface area contributed by atoms with Gasteiger partial charge in [0.25, 0.3) is 0 Å². The normalized spacial score (nSPS) is 14.8. The van der Waals surface area contributed by atoms with E-state index in [9.17, 15) is 0 Å². The molecule has 0 aromatic heterocycles. The quantitative estimate of drug-likeness (QED) is 0.477. The van der Waals surface area contributed by atoms with Crippen molar-refractivity contribution >= 4 is 0 Å². The van der Waals surface area contributed by atoms with Gasteiger partial charge >= 0.3 is 0 Å². The highest BCUT2D eigenvalue weighted by atomic mass is 14.9. The topological polar surface area (TPSA) is 71.6 Å². The van der Waals surface area contributed by atoms with Gasteiger partial charge in [0.1, 0.15) is 0 Å². The van der Waals surface area contributed by atoms with Gasteiger partial charge < -0.3 is 10.6 Å². The first-order valence-electron chi connectivity index (χ1n) is 7.77. The number of nitrogens with zero attached hydrogens (tertiary/aromatic N) is 2. The second kappa shape index (κ2) is 11.9. The first-order valence-corrected chi connectivity index (χ1v) is 7.77. The van der Waals surface area contributed by atoms with E-state index in [0.717, 1.165) is 43.7 Å². The molecule has 0 aliphatic heterocycles. The molecule has 4 heteroatoms. The maximum atomic E-state index is 8.79. The minimum Gasteiger partial charge on any atom is -0.387 e. The number of nitrogens with one attached hydrogen (secondary N) is 2. The maximum absolute atomic E-state index is 8.79. The van der Waals surface area contributed by atoms with Crippen LogP contribution >= 0.6 is 0 Å². The lowest BCUT2D eigenvalue weighted by Crippen LogP contribution is -2.25. The van der Waals surface area contributed by atoms with E-state index in [2.05, 4.69) is 50.5 Å². The van der Waals surface area contributed by atoms with Crippen molar-refractivity contribution in [3.8, 4) is 12.1 Å². The highest BCUT2D eigenvalue weighted by Gasteiger charge is 2.07. The van der Waals surface area contributed by atoms with Gasteiger partial charge in [0.05, 0.1) is 12.1 Å². The van der Waals surface area contributed by atoms with Crippen molar-refractivity contribution in [2.75, 3.05) is 13.1 Å². The minimum atomic E-state index is 0.381. The van der Waals surface area contributed by atoms with Gasteiger partial charge in [-0.15, -0.1) is 0 Å². The molecule has 0 aromatic carbocycles. The fourth-order valence-corrected chi connectivity index (χ4v) is 1.87. The molecule has 0 saturated heterocycles. The molecule has 4 nitrogen and oxygen atoms in total. The lowest BCUT2D eigenvalue weighted by atomic mass is 10.0. The van der Waals surface area contributed by atoms with Gasteiger partial charge in [0.2, 0.25) is 0 Å². The lowest BCUT2D eigenvalue weighted by molar-refractivity contribution is 0.552. The average molecular weight is 288 g/mol. The third-order valence-corrected chi connectivity index (χ3v) is 3.74. The van der Waals surface area contributed by atoms with Gasteiger partial charge in [-0.25, -0.2) is 0 Å². The number of hydrogen-bond donors (Lipinski definition) is 2. The van der Waals surface area contributed by atoms with Crippen LogP contribution < -0.4 is 10.6 Å². The van der Waals surface area contributed by atoms with Crippen LogP contribution in [0, 0.1) is 34.5 Å². The lowest BCUT2D eigenvalue weighted by Gasteiger charge is -2.18. The van der Waals surface area contributed by atoms with Crippen molar-refractivity contribution in [1.82, 2.24) is 10.6 Å². The molecule has 116 valence electrons. The molecule has 0 fully saturated rings. The van der Waals surface area contributed by atoms with Gasteiger partial charge in [-0.2, -0.15) is 10.5 Å². The van der Waals surface area contributed by atoms with Gasteiger partial charge in [-0.05, 0) is 31.1 Å². The third kappa shape index (κ3) is 8.05. The number of allylic oxidation sites excluding steroid dienone is 4. The Balaban J connectivity index is 4.16. The largest absolute Gasteiger partial charge is 0.387 e. The van der Waals surface area contributed by atoms with Crippen LogP contribution in [-0.4, -0.2) is 13.1 Å². The third-order valence-electron chi connectivity index (χ3n) is 3.74. The Morgan fingerprint density at radius 2 is 1.29 bits per heavy atom. The summed E-state index contributed by atoms with van der Waals surface area (Å²) in [5.41, 5.74) is 2.02. The van der Waals surface area contributed by atoms with Crippen LogP contribution in [0.2, 0.25) is 0 Å². The van der Waals surface area contributed by atoms with Crippen molar-refractivity contribution < 1.29 is 0 Å². The first kappa shape index (κ1) is 19.1. The summed E-state index contributed by atoms with van der Waals surface area (Å²) in [6, 6.07) is 4.19. The van der Waals surface area contributed by atoms with Crippen molar-refractivity contribution in [3.63, 3.8) is 0 Å². The molecule has 0 bridgehead atoms. The molecule has 0 aliphatic carbocycles. The van der Waals surface area contributed by atoms with Gasteiger partial charge in [-0.3, -0.25) is 0 Å². The molecule has 0 amide bonds. The molecule has 0 spiro atoms. The van der Waals surface area contributed by atoms with E-state index in [1.807, 2.05) is 0 Å². The zero-order valence-electron chi connectivity index (χ0n) is 13.7. The summed E-state index contributed by atoms with van der Waals surface area (Å²) < 4.78 is 0. The molecular weight excluding hydrogens is 260 g/mol. The standard InChI is InChI=1S/C17H28N4/c1-5-14(3)16(8-10-18)20-12-7-13-21-17(9-11-19)15(4)6-2/h8-9,14-15,20-21H,5-7,12-13H2,1-4H3/b16-8-,17-9+/t14-,15+/m1/s1. The maximum Gasteiger partial charge on any atom is 0.0930 e. The molecule has 2 N–H and O–H groups in total. The molecule has 0 aromatic rings. The molecule has 2 atom stereocenters. The number of hydrogen-bond acceptors (Lipinski definition) is 4. The molecule has 0 rings (SSSR count). The predicted molar refractivity (Wildman–Crippen MR) is 86.9 cm³/mol. The van der Waals surface area contributed by atoms with Crippen molar-refractivity contribution in [2.24, 2.45) is 11.8 Å². The second-order valence-electron chi connectivity index (χ2n) is 5.28. The Kier molecular flexibility index (Phi) is 10.8. The van der Waals surface area contributed by atoms with E-state index in [1.165, 1.54) is 0 Å². The summed E-state index contributed by atoms with van der Waals surface area (Å²) in [6.45, 7) is 10.1. The fraction of sp³-hybridized carbons (Fsp3) is 0.647. The zero-order chi connectivity index (χ0) is 16.1. The average Bonchev–Trinajstić information content (AvgIpc) is 2.50. The first-order chi connectivity index (χ1) is 10.1.